The molecule has 0 aliphatic rings. The van der Waals surface area contributed by atoms with Gasteiger partial charge in [-0.05, 0) is 44.2 Å². The first-order chi connectivity index (χ1) is 9.54. The van der Waals surface area contributed by atoms with Crippen LogP contribution in [0.2, 0.25) is 0 Å². The van der Waals surface area contributed by atoms with Crippen LogP contribution in [0.15, 0.2) is 48.5 Å². The average Bonchev–Trinajstić information content (AvgIpc) is 2.41. The first-order valence-electron chi connectivity index (χ1n) is 6.60. The first-order valence-corrected chi connectivity index (χ1v) is 6.60. The van der Waals surface area contributed by atoms with Crippen molar-refractivity contribution in [2.24, 2.45) is 0 Å². The van der Waals surface area contributed by atoms with Crippen molar-refractivity contribution in [2.45, 2.75) is 20.0 Å². The number of hydrogen-bond acceptors (Lipinski definition) is 3. The van der Waals surface area contributed by atoms with E-state index in [9.17, 15) is 4.79 Å². The van der Waals surface area contributed by atoms with Crippen LogP contribution in [0, 0.1) is 0 Å². The molecular formula is C16H17BO3. The van der Waals surface area contributed by atoms with Crippen molar-refractivity contribution in [3.8, 4) is 11.5 Å². The van der Waals surface area contributed by atoms with E-state index in [4.69, 9.17) is 9.47 Å². The van der Waals surface area contributed by atoms with Crippen molar-refractivity contribution in [2.75, 3.05) is 0 Å². The topological polar surface area (TPSA) is 35.5 Å². The number of rotatable bonds is 4. The summed E-state index contributed by atoms with van der Waals surface area (Å²) < 4.78 is 10.9. The number of benzene rings is 2. The molecule has 4 heteroatoms. The van der Waals surface area contributed by atoms with E-state index in [1.807, 2.05) is 52.0 Å². The van der Waals surface area contributed by atoms with E-state index in [1.165, 1.54) is 5.46 Å². The maximum atomic E-state index is 11.8. The molecule has 0 heterocycles. The lowest BCUT2D eigenvalue weighted by atomic mass is 9.97. The van der Waals surface area contributed by atoms with Crippen molar-refractivity contribution in [3.63, 3.8) is 0 Å². The molecule has 2 rings (SSSR count). The number of ether oxygens (including phenoxy) is 2. The molecule has 0 aliphatic carbocycles. The lowest BCUT2D eigenvalue weighted by Gasteiger charge is -2.10. The number of hydrogen-bond donors (Lipinski definition) is 0. The van der Waals surface area contributed by atoms with Gasteiger partial charge in [0.25, 0.3) is 0 Å². The lowest BCUT2D eigenvalue weighted by Crippen LogP contribution is -2.11. The predicted octanol–water partition coefficient (Wildman–Crippen LogP) is 2.30. The highest BCUT2D eigenvalue weighted by Crippen LogP contribution is 2.21. The fraction of sp³-hybridized carbons (Fsp3) is 0.188. The molecule has 0 N–H and O–H groups in total. The van der Waals surface area contributed by atoms with Gasteiger partial charge < -0.3 is 9.47 Å². The maximum absolute atomic E-state index is 11.8. The molecule has 2 aromatic rings. The quantitative estimate of drug-likeness (QED) is 0.630. The summed E-state index contributed by atoms with van der Waals surface area (Å²) in [6.07, 6.45) is -0.135. The largest absolute Gasteiger partial charge is 0.459 e. The summed E-state index contributed by atoms with van der Waals surface area (Å²) in [6, 6.07) is 14.7. The summed E-state index contributed by atoms with van der Waals surface area (Å²) in [4.78, 5) is 11.8. The Morgan fingerprint density at radius 2 is 1.75 bits per heavy atom. The second kappa shape index (κ2) is 6.28. The lowest BCUT2D eigenvalue weighted by molar-refractivity contribution is 0.0377. The molecule has 0 radical (unpaired) electrons. The van der Waals surface area contributed by atoms with Gasteiger partial charge in [-0.1, -0.05) is 23.7 Å². The van der Waals surface area contributed by atoms with Crippen LogP contribution in [0.1, 0.15) is 24.2 Å². The van der Waals surface area contributed by atoms with Crippen molar-refractivity contribution in [3.05, 3.63) is 54.1 Å². The van der Waals surface area contributed by atoms with Crippen LogP contribution < -0.4 is 10.2 Å². The van der Waals surface area contributed by atoms with Crippen LogP contribution in [0.25, 0.3) is 0 Å². The second-order valence-corrected chi connectivity index (χ2v) is 4.90. The Hall–Kier alpha value is -2.23. The minimum Gasteiger partial charge on any atom is -0.459 e. The van der Waals surface area contributed by atoms with Gasteiger partial charge in [0.15, 0.2) is 0 Å². The Morgan fingerprint density at radius 3 is 2.40 bits per heavy atom. The van der Waals surface area contributed by atoms with Gasteiger partial charge in [-0.25, -0.2) is 4.79 Å². The van der Waals surface area contributed by atoms with Gasteiger partial charge in [0, 0.05) is 0 Å². The molecule has 0 bridgehead atoms. The summed E-state index contributed by atoms with van der Waals surface area (Å²) in [6.45, 7) is 3.65. The molecule has 0 saturated carbocycles. The third kappa shape index (κ3) is 3.88. The molecule has 0 spiro atoms. The Morgan fingerprint density at radius 1 is 1.05 bits per heavy atom. The van der Waals surface area contributed by atoms with Crippen LogP contribution in [0.5, 0.6) is 11.5 Å². The smallest absolute Gasteiger partial charge is 0.338 e. The average molecular weight is 268 g/mol. The Kier molecular flexibility index (Phi) is 4.46. The minimum atomic E-state index is -0.339. The molecular weight excluding hydrogens is 251 g/mol. The van der Waals surface area contributed by atoms with Crippen LogP contribution in [-0.2, 0) is 4.74 Å². The van der Waals surface area contributed by atoms with Crippen molar-refractivity contribution >= 4 is 19.3 Å². The van der Waals surface area contributed by atoms with Gasteiger partial charge in [0.1, 0.15) is 19.3 Å². The molecule has 0 atom stereocenters. The van der Waals surface area contributed by atoms with Gasteiger partial charge >= 0.3 is 5.97 Å². The minimum absolute atomic E-state index is 0.135. The molecule has 0 amide bonds. The predicted molar refractivity (Wildman–Crippen MR) is 81.7 cm³/mol. The summed E-state index contributed by atoms with van der Waals surface area (Å²) in [5, 5.41) is 0. The molecule has 0 unspecified atom stereocenters. The SMILES string of the molecule is Bc1ccc(Oc2cccc(C(=O)OC(C)C)c2)cc1. The molecule has 2 aromatic carbocycles. The molecule has 20 heavy (non-hydrogen) atoms. The number of carbonyl (C=O) groups is 1. The monoisotopic (exact) mass is 268 g/mol. The maximum Gasteiger partial charge on any atom is 0.338 e. The fourth-order valence-electron chi connectivity index (χ4n) is 1.71. The Bertz CT molecular complexity index is 591. The zero-order valence-corrected chi connectivity index (χ0v) is 11.9. The summed E-state index contributed by atoms with van der Waals surface area (Å²) in [5.74, 6) is 1.02. The van der Waals surface area contributed by atoms with Gasteiger partial charge in [-0.15, -0.1) is 0 Å². The zero-order chi connectivity index (χ0) is 14.5. The Balaban J connectivity index is 2.13. The van der Waals surface area contributed by atoms with Crippen molar-refractivity contribution < 1.29 is 14.3 Å². The van der Waals surface area contributed by atoms with Crippen molar-refractivity contribution in [1.29, 1.82) is 0 Å². The molecule has 0 aromatic heterocycles. The van der Waals surface area contributed by atoms with E-state index >= 15 is 0 Å². The zero-order valence-electron chi connectivity index (χ0n) is 11.9. The standard InChI is InChI=1S/C16H17BO3/c1-11(2)19-16(18)12-4-3-5-15(10-12)20-14-8-6-13(17)7-9-14/h3-11H,17H2,1-2H3. The number of carbonyl (C=O) groups excluding carboxylic acids is 1. The van der Waals surface area contributed by atoms with Gasteiger partial charge in [0.05, 0.1) is 11.7 Å². The van der Waals surface area contributed by atoms with E-state index in [2.05, 4.69) is 0 Å². The van der Waals surface area contributed by atoms with Crippen LogP contribution in [-0.4, -0.2) is 19.9 Å². The van der Waals surface area contributed by atoms with E-state index in [0.717, 1.165) is 5.75 Å². The third-order valence-corrected chi connectivity index (χ3v) is 2.67. The first kappa shape index (κ1) is 14.2. The fourth-order valence-corrected chi connectivity index (χ4v) is 1.71. The van der Waals surface area contributed by atoms with E-state index in [-0.39, 0.29) is 12.1 Å². The highest BCUT2D eigenvalue weighted by Gasteiger charge is 2.10. The summed E-state index contributed by atoms with van der Waals surface area (Å²) in [7, 11) is 2.02. The van der Waals surface area contributed by atoms with Gasteiger partial charge in [-0.3, -0.25) is 0 Å². The van der Waals surface area contributed by atoms with Crippen LogP contribution >= 0.6 is 0 Å². The van der Waals surface area contributed by atoms with Crippen LogP contribution in [0.4, 0.5) is 0 Å². The highest BCUT2D eigenvalue weighted by atomic mass is 16.5. The summed E-state index contributed by atoms with van der Waals surface area (Å²) in [5.41, 5.74) is 1.66. The molecule has 0 fully saturated rings. The van der Waals surface area contributed by atoms with Gasteiger partial charge in [-0.2, -0.15) is 0 Å². The highest BCUT2D eigenvalue weighted by molar-refractivity contribution is 6.32. The normalized spacial score (nSPS) is 10.3. The van der Waals surface area contributed by atoms with E-state index in [0.29, 0.717) is 11.3 Å². The Labute approximate surface area is 119 Å². The molecule has 0 saturated heterocycles. The van der Waals surface area contributed by atoms with Crippen molar-refractivity contribution in [1.82, 2.24) is 0 Å². The second-order valence-electron chi connectivity index (χ2n) is 4.90. The molecule has 0 aliphatic heterocycles. The molecule has 3 nitrogen and oxygen atoms in total. The van der Waals surface area contributed by atoms with Gasteiger partial charge in [0.2, 0.25) is 0 Å². The summed E-state index contributed by atoms with van der Waals surface area (Å²) >= 11 is 0. The molecule has 102 valence electrons. The third-order valence-electron chi connectivity index (χ3n) is 2.67. The van der Waals surface area contributed by atoms with E-state index < -0.39 is 0 Å². The van der Waals surface area contributed by atoms with Crippen LogP contribution in [0.3, 0.4) is 0 Å². The van der Waals surface area contributed by atoms with E-state index in [1.54, 1.807) is 18.2 Å². The number of esters is 1.